The predicted molar refractivity (Wildman–Crippen MR) is 173 cm³/mol. The third kappa shape index (κ3) is 5.82. The summed E-state index contributed by atoms with van der Waals surface area (Å²) < 4.78 is 13.5. The molecule has 9 heteroatoms. The Labute approximate surface area is 262 Å². The largest absolute Gasteiger partial charge is 0.478 e. The van der Waals surface area contributed by atoms with Crippen molar-refractivity contribution in [2.45, 2.75) is 32.7 Å². The minimum Gasteiger partial charge on any atom is -0.478 e. The van der Waals surface area contributed by atoms with Crippen LogP contribution in [0.4, 0.5) is 0 Å². The number of rotatable bonds is 8. The van der Waals surface area contributed by atoms with Gasteiger partial charge in [-0.05, 0) is 48.2 Å². The SMILES string of the molecule is CCOC(=O)C1=C(c2ccccc2)N=c2s/c(=C/c3ccc(-c4ccc(C(=O)O)cc4)o3)c(=O)n2[C@H]1c1ccc(C(C)C)cc1. The van der Waals surface area contributed by atoms with E-state index in [-0.39, 0.29) is 17.7 Å². The lowest BCUT2D eigenvalue weighted by Gasteiger charge is -2.26. The summed E-state index contributed by atoms with van der Waals surface area (Å²) in [5, 5.41) is 9.19. The lowest BCUT2D eigenvalue weighted by atomic mass is 9.91. The first-order valence-corrected chi connectivity index (χ1v) is 15.4. The first kappa shape index (κ1) is 29.8. The normalized spacial score (nSPS) is 14.8. The first-order valence-electron chi connectivity index (χ1n) is 14.6. The number of carbonyl (C=O) groups excluding carboxylic acids is 1. The molecule has 1 aliphatic heterocycles. The van der Waals surface area contributed by atoms with E-state index >= 15 is 0 Å². The molecule has 0 fully saturated rings. The number of ether oxygens (including phenoxy) is 1. The standard InChI is InChI=1S/C36H30N2O6S/c1-4-43-35(42)30-31(24-8-6-5-7-9-24)37-36-38(32(30)25-14-10-22(11-15-25)21(2)3)33(39)29(45-36)20-27-18-19-28(44-27)23-12-16-26(17-13-23)34(40)41/h5-21,32H,4H2,1-3H3,(H,40,41)/b29-20+/t32-/m0/s1. The molecule has 0 amide bonds. The fraction of sp³-hybridized carbons (Fsp3) is 0.167. The zero-order valence-corrected chi connectivity index (χ0v) is 25.7. The molecule has 0 spiro atoms. The van der Waals surface area contributed by atoms with Crippen LogP contribution in [0, 0.1) is 0 Å². The van der Waals surface area contributed by atoms with E-state index in [9.17, 15) is 19.5 Å². The fourth-order valence-electron chi connectivity index (χ4n) is 5.31. The van der Waals surface area contributed by atoms with Gasteiger partial charge in [0.05, 0.1) is 34.0 Å². The molecule has 0 saturated heterocycles. The molecular weight excluding hydrogens is 588 g/mol. The van der Waals surface area contributed by atoms with Crippen LogP contribution in [0.15, 0.2) is 111 Å². The molecule has 1 aliphatic rings. The number of carbonyl (C=O) groups is 2. The van der Waals surface area contributed by atoms with Crippen molar-refractivity contribution in [3.63, 3.8) is 0 Å². The Kier molecular flexibility index (Phi) is 8.19. The molecule has 8 nitrogen and oxygen atoms in total. The number of hydrogen-bond donors (Lipinski definition) is 1. The molecule has 0 saturated carbocycles. The Morgan fingerprint density at radius 3 is 2.33 bits per heavy atom. The number of nitrogens with zero attached hydrogens (tertiary/aromatic N) is 2. The van der Waals surface area contributed by atoms with E-state index < -0.39 is 18.0 Å². The van der Waals surface area contributed by atoms with Crippen LogP contribution >= 0.6 is 11.3 Å². The molecule has 3 heterocycles. The summed E-state index contributed by atoms with van der Waals surface area (Å²) in [6.07, 6.45) is 1.66. The second kappa shape index (κ2) is 12.4. The number of hydrogen-bond acceptors (Lipinski definition) is 7. The number of benzene rings is 3. The quantitative estimate of drug-likeness (QED) is 0.213. The van der Waals surface area contributed by atoms with Crippen molar-refractivity contribution in [2.75, 3.05) is 6.61 Å². The number of aromatic carboxylic acids is 1. The van der Waals surface area contributed by atoms with Crippen molar-refractivity contribution in [1.29, 1.82) is 0 Å². The number of aromatic nitrogens is 1. The number of esters is 1. The fourth-order valence-corrected chi connectivity index (χ4v) is 6.29. The van der Waals surface area contributed by atoms with Crippen LogP contribution in [-0.4, -0.2) is 28.2 Å². The van der Waals surface area contributed by atoms with Crippen molar-refractivity contribution in [1.82, 2.24) is 4.57 Å². The monoisotopic (exact) mass is 618 g/mol. The molecule has 1 atom stereocenters. The molecule has 0 bridgehead atoms. The highest BCUT2D eigenvalue weighted by atomic mass is 32.1. The number of furan rings is 1. The van der Waals surface area contributed by atoms with Crippen LogP contribution in [-0.2, 0) is 9.53 Å². The molecule has 2 aromatic heterocycles. The van der Waals surface area contributed by atoms with Crippen LogP contribution in [0.25, 0.3) is 23.1 Å². The summed E-state index contributed by atoms with van der Waals surface area (Å²) in [5.74, 6) is -0.243. The van der Waals surface area contributed by atoms with E-state index in [1.165, 1.54) is 23.5 Å². The smallest absolute Gasteiger partial charge is 0.338 e. The van der Waals surface area contributed by atoms with Gasteiger partial charge >= 0.3 is 11.9 Å². The third-order valence-corrected chi connectivity index (χ3v) is 8.59. The summed E-state index contributed by atoms with van der Waals surface area (Å²) >= 11 is 1.22. The van der Waals surface area contributed by atoms with E-state index in [0.29, 0.717) is 43.6 Å². The van der Waals surface area contributed by atoms with E-state index in [1.807, 2.05) is 54.6 Å². The zero-order valence-electron chi connectivity index (χ0n) is 24.9. The summed E-state index contributed by atoms with van der Waals surface area (Å²) in [6.45, 7) is 6.15. The lowest BCUT2D eigenvalue weighted by molar-refractivity contribution is -0.138. The van der Waals surface area contributed by atoms with Crippen molar-refractivity contribution in [3.05, 3.63) is 144 Å². The van der Waals surface area contributed by atoms with Gasteiger partial charge in [-0.3, -0.25) is 9.36 Å². The molecule has 45 heavy (non-hydrogen) atoms. The first-order chi connectivity index (χ1) is 21.7. The highest BCUT2D eigenvalue weighted by Gasteiger charge is 2.35. The van der Waals surface area contributed by atoms with Crippen LogP contribution in [0.3, 0.4) is 0 Å². The molecule has 5 aromatic rings. The van der Waals surface area contributed by atoms with Crippen molar-refractivity contribution in [2.24, 2.45) is 4.99 Å². The molecule has 6 rings (SSSR count). The maximum absolute atomic E-state index is 14.1. The van der Waals surface area contributed by atoms with E-state index in [4.69, 9.17) is 14.1 Å². The van der Waals surface area contributed by atoms with Gasteiger partial charge in [0.1, 0.15) is 11.5 Å². The number of carboxylic acid groups (broad SMARTS) is 1. The zero-order chi connectivity index (χ0) is 31.7. The topological polar surface area (TPSA) is 111 Å². The maximum Gasteiger partial charge on any atom is 0.338 e. The summed E-state index contributed by atoms with van der Waals surface area (Å²) in [5.41, 5.74) is 3.98. The van der Waals surface area contributed by atoms with Gasteiger partial charge in [0.2, 0.25) is 0 Å². The molecule has 226 valence electrons. The van der Waals surface area contributed by atoms with Crippen LogP contribution in [0.2, 0.25) is 0 Å². The molecule has 0 aliphatic carbocycles. The van der Waals surface area contributed by atoms with Gasteiger partial charge in [0.15, 0.2) is 4.80 Å². The molecule has 1 N–H and O–H groups in total. The third-order valence-electron chi connectivity index (χ3n) is 7.61. The average molecular weight is 619 g/mol. The molecular formula is C36H30N2O6S. The lowest BCUT2D eigenvalue weighted by Crippen LogP contribution is -2.40. The van der Waals surface area contributed by atoms with E-state index in [0.717, 1.165) is 16.7 Å². The maximum atomic E-state index is 14.1. The molecule has 3 aromatic carbocycles. The highest BCUT2D eigenvalue weighted by molar-refractivity contribution is 7.07. The van der Waals surface area contributed by atoms with Crippen LogP contribution in [0.1, 0.15) is 65.5 Å². The van der Waals surface area contributed by atoms with Crippen LogP contribution in [0.5, 0.6) is 0 Å². The van der Waals surface area contributed by atoms with Gasteiger partial charge in [-0.2, -0.15) is 0 Å². The van der Waals surface area contributed by atoms with Gasteiger partial charge in [0.25, 0.3) is 5.56 Å². The van der Waals surface area contributed by atoms with Crippen molar-refractivity contribution < 1.29 is 23.8 Å². The predicted octanol–water partition coefficient (Wildman–Crippen LogP) is 6.02. The summed E-state index contributed by atoms with van der Waals surface area (Å²) in [7, 11) is 0. The Balaban J connectivity index is 1.52. The Bertz CT molecular complexity index is 2100. The average Bonchev–Trinajstić information content (AvgIpc) is 3.64. The van der Waals surface area contributed by atoms with E-state index in [1.54, 1.807) is 41.8 Å². The minimum absolute atomic E-state index is 0.174. The molecule has 0 unspecified atom stereocenters. The van der Waals surface area contributed by atoms with Gasteiger partial charge in [-0.1, -0.05) is 91.9 Å². The second-order valence-corrected chi connectivity index (χ2v) is 11.8. The minimum atomic E-state index is -1.01. The number of thiazole rings is 1. The van der Waals surface area contributed by atoms with Crippen molar-refractivity contribution >= 4 is 35.0 Å². The van der Waals surface area contributed by atoms with Gasteiger partial charge < -0.3 is 14.3 Å². The van der Waals surface area contributed by atoms with Gasteiger partial charge in [0, 0.05) is 17.2 Å². The van der Waals surface area contributed by atoms with Crippen LogP contribution < -0.4 is 14.9 Å². The Morgan fingerprint density at radius 1 is 0.978 bits per heavy atom. The molecule has 0 radical (unpaired) electrons. The van der Waals surface area contributed by atoms with E-state index in [2.05, 4.69) is 13.8 Å². The Morgan fingerprint density at radius 2 is 1.69 bits per heavy atom. The van der Waals surface area contributed by atoms with Crippen molar-refractivity contribution in [3.8, 4) is 11.3 Å². The highest BCUT2D eigenvalue weighted by Crippen LogP contribution is 2.35. The Hall–Kier alpha value is -5.28. The number of fused-ring (bicyclic) bond motifs is 1. The van der Waals surface area contributed by atoms with Gasteiger partial charge in [-0.25, -0.2) is 14.6 Å². The summed E-state index contributed by atoms with van der Waals surface area (Å²) in [6, 6.07) is 26.5. The summed E-state index contributed by atoms with van der Waals surface area (Å²) in [4.78, 5) is 44.3. The second-order valence-electron chi connectivity index (χ2n) is 10.8. The van der Waals surface area contributed by atoms with Gasteiger partial charge in [-0.15, -0.1) is 0 Å². The number of carboxylic acids is 1.